The number of H-pyrrole nitrogens is 1. The topological polar surface area (TPSA) is 145 Å². The first kappa shape index (κ1) is 32.5. The lowest BCUT2D eigenvalue weighted by molar-refractivity contribution is -0.0766. The summed E-state index contributed by atoms with van der Waals surface area (Å²) in [7, 11) is -2.72. The van der Waals surface area contributed by atoms with Gasteiger partial charge in [0.15, 0.2) is 6.23 Å². The summed E-state index contributed by atoms with van der Waals surface area (Å²) in [5.41, 5.74) is -1.21. The molecule has 5 atom stereocenters. The number of aromatic nitrogens is 2. The fraction of sp³-hybridized carbons (Fsp3) is 0.708. The Hall–Kier alpha value is -1.67. The molecule has 12 nitrogen and oxygen atoms in total. The van der Waals surface area contributed by atoms with Crippen molar-refractivity contribution in [2.45, 2.75) is 70.7 Å². The van der Waals surface area contributed by atoms with Gasteiger partial charge in [0.2, 0.25) is 0 Å². The van der Waals surface area contributed by atoms with Crippen molar-refractivity contribution in [2.24, 2.45) is 0 Å². The molecule has 1 fully saturated rings. The molecule has 14 heteroatoms. The molecule has 0 radical (unpaired) electrons. The van der Waals surface area contributed by atoms with Gasteiger partial charge in [0.05, 0.1) is 32.3 Å². The minimum absolute atomic E-state index is 0.0523. The smallest absolute Gasteiger partial charge is 0.330 e. The zero-order valence-electron chi connectivity index (χ0n) is 23.1. The van der Waals surface area contributed by atoms with E-state index in [0.29, 0.717) is 0 Å². The molecule has 0 amide bonds. The fourth-order valence-corrected chi connectivity index (χ4v) is 6.26. The van der Waals surface area contributed by atoms with Crippen LogP contribution in [0.4, 0.5) is 0 Å². The molecule has 214 valence electrons. The van der Waals surface area contributed by atoms with Crippen molar-refractivity contribution >= 4 is 15.7 Å². The zero-order chi connectivity index (χ0) is 28.5. The summed E-state index contributed by atoms with van der Waals surface area (Å²) in [6, 6.07) is 3.41. The highest BCUT2D eigenvalue weighted by molar-refractivity contribution is 7.65. The van der Waals surface area contributed by atoms with Crippen LogP contribution in [0, 0.1) is 11.3 Å². The second-order valence-corrected chi connectivity index (χ2v) is 14.3. The fourth-order valence-electron chi connectivity index (χ4n) is 3.93. The van der Waals surface area contributed by atoms with Gasteiger partial charge in [-0.15, -0.1) is 0 Å². The van der Waals surface area contributed by atoms with Crippen molar-refractivity contribution in [3.05, 3.63) is 45.0 Å². The SMILES string of the molecule is COCCO[C@@H]1[C@H](OP(OCCC#N)N(C(C)C)C(C)C)[C@@H](/C=C/P(C)(C)=O)O[C@H]1n1ccc(=O)[nH]c1=O. The molecule has 1 unspecified atom stereocenters. The number of nitriles is 1. The summed E-state index contributed by atoms with van der Waals surface area (Å²) < 4.78 is 46.1. The maximum Gasteiger partial charge on any atom is 0.330 e. The Labute approximate surface area is 225 Å². The van der Waals surface area contributed by atoms with E-state index in [0.717, 1.165) is 0 Å². The van der Waals surface area contributed by atoms with Crippen LogP contribution in [0.2, 0.25) is 0 Å². The number of rotatable bonds is 15. The van der Waals surface area contributed by atoms with E-state index in [2.05, 4.69) is 15.7 Å². The first-order valence-corrected chi connectivity index (χ1v) is 16.3. The summed E-state index contributed by atoms with van der Waals surface area (Å²) in [4.78, 5) is 26.6. The maximum atomic E-state index is 12.7. The maximum absolute atomic E-state index is 12.7. The molecule has 1 saturated heterocycles. The molecule has 2 rings (SSSR count). The summed E-state index contributed by atoms with van der Waals surface area (Å²) in [5.74, 6) is 1.58. The van der Waals surface area contributed by atoms with Crippen LogP contribution in [0.3, 0.4) is 0 Å². The second kappa shape index (κ2) is 15.2. The highest BCUT2D eigenvalue weighted by Gasteiger charge is 2.49. The zero-order valence-corrected chi connectivity index (χ0v) is 24.9. The Morgan fingerprint density at radius 3 is 2.45 bits per heavy atom. The van der Waals surface area contributed by atoms with Gasteiger partial charge < -0.3 is 27.8 Å². The van der Waals surface area contributed by atoms with Crippen LogP contribution >= 0.6 is 15.7 Å². The largest absolute Gasteiger partial charge is 0.382 e. The molecule has 0 spiro atoms. The predicted molar refractivity (Wildman–Crippen MR) is 146 cm³/mol. The Balaban J connectivity index is 2.57. The van der Waals surface area contributed by atoms with Crippen molar-refractivity contribution in [2.75, 3.05) is 40.3 Å². The summed E-state index contributed by atoms with van der Waals surface area (Å²) in [6.07, 6.45) is -0.139. The first-order chi connectivity index (χ1) is 17.9. The number of hydrogen-bond donors (Lipinski definition) is 1. The lowest BCUT2D eigenvalue weighted by Crippen LogP contribution is -2.41. The minimum atomic E-state index is -2.57. The molecule has 1 N–H and O–H groups in total. The van der Waals surface area contributed by atoms with Gasteiger partial charge in [-0.3, -0.25) is 14.3 Å². The monoisotopic (exact) mass is 574 g/mol. The van der Waals surface area contributed by atoms with E-state index in [4.69, 9.17) is 28.5 Å². The molecule has 0 bridgehead atoms. The second-order valence-electron chi connectivity index (χ2n) is 9.73. The van der Waals surface area contributed by atoms with Crippen LogP contribution in [-0.4, -0.2) is 84.9 Å². The van der Waals surface area contributed by atoms with Crippen molar-refractivity contribution in [1.29, 1.82) is 5.26 Å². The highest BCUT2D eigenvalue weighted by atomic mass is 31.2. The lowest BCUT2D eigenvalue weighted by Gasteiger charge is -2.38. The molecular weight excluding hydrogens is 534 g/mol. The van der Waals surface area contributed by atoms with Crippen LogP contribution in [-0.2, 0) is 27.8 Å². The van der Waals surface area contributed by atoms with Gasteiger partial charge in [0.25, 0.3) is 14.1 Å². The molecule has 0 aliphatic carbocycles. The normalized spacial score (nSPS) is 23.1. The number of methoxy groups -OCH3 is 1. The third-order valence-electron chi connectivity index (χ3n) is 5.46. The van der Waals surface area contributed by atoms with Crippen molar-refractivity contribution in [1.82, 2.24) is 14.2 Å². The molecule has 1 aliphatic rings. The predicted octanol–water partition coefficient (Wildman–Crippen LogP) is 3.26. The summed E-state index contributed by atoms with van der Waals surface area (Å²) >= 11 is 0. The standard InChI is InChI=1S/C24H40N4O8P2/c1-17(2)28(18(3)4)37(34-13-8-11-25)36-21-19(10-16-38(6,7)31)35-23(22(21)33-15-14-32-5)27-12-9-20(29)26-24(27)30/h9-10,12,16-19,21-23H,8,13-15H2,1-7H3,(H,26,29,30)/b16-10+/t19-,21-,22-,23-,37?/m1/s1. The van der Waals surface area contributed by atoms with Gasteiger partial charge in [-0.05, 0) is 52.9 Å². The average molecular weight is 575 g/mol. The van der Waals surface area contributed by atoms with Gasteiger partial charge in [-0.1, -0.05) is 0 Å². The van der Waals surface area contributed by atoms with Crippen LogP contribution in [0.5, 0.6) is 0 Å². The van der Waals surface area contributed by atoms with Crippen LogP contribution in [0.15, 0.2) is 33.7 Å². The quantitative estimate of drug-likeness (QED) is 0.245. The number of ether oxygens (including phenoxy) is 3. The van der Waals surface area contributed by atoms with E-state index >= 15 is 0 Å². The van der Waals surface area contributed by atoms with Gasteiger partial charge in [-0.2, -0.15) is 5.26 Å². The minimum Gasteiger partial charge on any atom is -0.382 e. The lowest BCUT2D eigenvalue weighted by atomic mass is 10.1. The van der Waals surface area contributed by atoms with Crippen molar-refractivity contribution < 1.29 is 27.8 Å². The Kier molecular flexibility index (Phi) is 13.0. The van der Waals surface area contributed by atoms with Gasteiger partial charge in [0, 0.05) is 31.5 Å². The van der Waals surface area contributed by atoms with Gasteiger partial charge >= 0.3 is 5.69 Å². The number of nitrogens with zero attached hydrogens (tertiary/aromatic N) is 3. The number of nitrogens with one attached hydrogen (secondary N) is 1. The first-order valence-electron chi connectivity index (χ1n) is 12.5. The average Bonchev–Trinajstić information content (AvgIpc) is 3.14. The van der Waals surface area contributed by atoms with E-state index in [1.165, 1.54) is 16.8 Å². The van der Waals surface area contributed by atoms with Crippen molar-refractivity contribution in [3.8, 4) is 6.07 Å². The van der Waals surface area contributed by atoms with Crippen LogP contribution in [0.25, 0.3) is 0 Å². The van der Waals surface area contributed by atoms with E-state index in [1.807, 2.05) is 27.7 Å². The van der Waals surface area contributed by atoms with Crippen LogP contribution < -0.4 is 11.2 Å². The molecule has 1 aromatic rings. The highest BCUT2D eigenvalue weighted by Crippen LogP contribution is 2.51. The van der Waals surface area contributed by atoms with Gasteiger partial charge in [0.1, 0.15) is 25.5 Å². The Morgan fingerprint density at radius 2 is 1.89 bits per heavy atom. The molecule has 0 saturated carbocycles. The molecule has 38 heavy (non-hydrogen) atoms. The van der Waals surface area contributed by atoms with E-state index in [9.17, 15) is 14.2 Å². The van der Waals surface area contributed by atoms with Gasteiger partial charge in [-0.25, -0.2) is 9.46 Å². The Bertz CT molecular complexity index is 1100. The van der Waals surface area contributed by atoms with E-state index < -0.39 is 51.5 Å². The Morgan fingerprint density at radius 1 is 1.21 bits per heavy atom. The summed E-state index contributed by atoms with van der Waals surface area (Å²) in [5, 5.41) is 9.06. The van der Waals surface area contributed by atoms with Crippen LogP contribution in [0.1, 0.15) is 40.3 Å². The molecular formula is C24H40N4O8P2. The summed E-state index contributed by atoms with van der Waals surface area (Å²) in [6.45, 7) is 12.0. The molecule has 2 heterocycles. The molecule has 1 aliphatic heterocycles. The third-order valence-corrected chi connectivity index (χ3v) is 8.48. The molecule has 0 aromatic carbocycles. The molecule has 1 aromatic heterocycles. The van der Waals surface area contributed by atoms with E-state index in [-0.39, 0.29) is 38.3 Å². The van der Waals surface area contributed by atoms with Crippen molar-refractivity contribution in [3.63, 3.8) is 0 Å². The number of hydrogen-bond acceptors (Lipinski definition) is 10. The third kappa shape index (κ3) is 9.51. The number of aromatic amines is 1. The van der Waals surface area contributed by atoms with E-state index in [1.54, 1.807) is 32.3 Å².